The van der Waals surface area contributed by atoms with E-state index in [0.717, 1.165) is 22.3 Å². The molecule has 2 aromatic carbocycles. The number of hydrazine groups is 2. The van der Waals surface area contributed by atoms with E-state index in [2.05, 4.69) is 33.4 Å². The first-order chi connectivity index (χ1) is 15.7. The molecule has 33 heavy (non-hydrogen) atoms. The van der Waals surface area contributed by atoms with E-state index in [1.54, 1.807) is 12.1 Å². The minimum atomic E-state index is -4.64. The van der Waals surface area contributed by atoms with Crippen LogP contribution in [0.1, 0.15) is 48.6 Å². The van der Waals surface area contributed by atoms with Crippen molar-refractivity contribution in [3.63, 3.8) is 0 Å². The number of halogens is 3. The van der Waals surface area contributed by atoms with Gasteiger partial charge in [-0.15, -0.1) is 10.6 Å². The fourth-order valence-electron chi connectivity index (χ4n) is 3.06. The molecule has 0 amide bonds. The average molecular weight is 452 g/mol. The lowest BCUT2D eigenvalue weighted by molar-refractivity contribution is -0.137. The van der Waals surface area contributed by atoms with E-state index in [1.165, 1.54) is 12.1 Å². The Bertz CT molecular complexity index is 1220. The number of phenols is 1. The number of hydrogen-bond acceptors (Lipinski definition) is 5. The Morgan fingerprint density at radius 1 is 1.03 bits per heavy atom. The third-order valence-corrected chi connectivity index (χ3v) is 4.59. The quantitative estimate of drug-likeness (QED) is 0.389. The van der Waals surface area contributed by atoms with Crippen molar-refractivity contribution < 1.29 is 18.3 Å². The van der Waals surface area contributed by atoms with E-state index in [-0.39, 0.29) is 5.56 Å². The zero-order valence-corrected chi connectivity index (χ0v) is 18.3. The van der Waals surface area contributed by atoms with Crippen molar-refractivity contribution in [2.24, 2.45) is 5.10 Å². The van der Waals surface area contributed by atoms with Crippen LogP contribution in [-0.2, 0) is 6.18 Å². The molecule has 0 radical (unpaired) electrons. The second kappa shape index (κ2) is 10.1. The Kier molecular flexibility index (Phi) is 7.26. The highest BCUT2D eigenvalue weighted by molar-refractivity contribution is 6.00. The van der Waals surface area contributed by atoms with Gasteiger partial charge in [0, 0.05) is 16.7 Å². The summed E-state index contributed by atoms with van der Waals surface area (Å²) in [7, 11) is 0. The maximum absolute atomic E-state index is 13.4. The van der Waals surface area contributed by atoms with Crippen molar-refractivity contribution in [3.05, 3.63) is 94.1 Å². The summed E-state index contributed by atoms with van der Waals surface area (Å²) in [5.41, 5.74) is 10.9. The third kappa shape index (κ3) is 6.05. The number of hydrazone groups is 1. The van der Waals surface area contributed by atoms with Crippen LogP contribution in [0.2, 0.25) is 0 Å². The van der Waals surface area contributed by atoms with Gasteiger partial charge in [-0.1, -0.05) is 41.7 Å². The summed E-state index contributed by atoms with van der Waals surface area (Å²) in [5.74, 6) is 5.62. The van der Waals surface area contributed by atoms with E-state index in [9.17, 15) is 18.3 Å². The molecule has 0 aromatic heterocycles. The lowest BCUT2D eigenvalue weighted by Gasteiger charge is -2.11. The zero-order valence-electron chi connectivity index (χ0n) is 18.3. The molecule has 0 bridgehead atoms. The van der Waals surface area contributed by atoms with Crippen LogP contribution in [0.25, 0.3) is 5.57 Å². The molecule has 0 aliphatic carbocycles. The minimum Gasteiger partial charge on any atom is -0.508 e. The summed E-state index contributed by atoms with van der Waals surface area (Å²) >= 11 is 0. The van der Waals surface area contributed by atoms with Gasteiger partial charge >= 0.3 is 6.18 Å². The SMILES string of the molecule is C/C=C\C(=C/C=C(C)C)c1cc(C2=NNNN2)ccc1C#Cc1ccc(O)cc1C(F)(F)F. The average Bonchev–Trinajstić information content (AvgIpc) is 3.30. The molecule has 1 heterocycles. The van der Waals surface area contributed by atoms with Crippen LogP contribution < -0.4 is 16.5 Å². The molecule has 1 aliphatic rings. The van der Waals surface area contributed by atoms with Crippen LogP contribution in [0.4, 0.5) is 13.2 Å². The summed E-state index contributed by atoms with van der Waals surface area (Å²) in [6.45, 7) is 5.83. The number of benzene rings is 2. The monoisotopic (exact) mass is 452 g/mol. The van der Waals surface area contributed by atoms with Crippen LogP contribution >= 0.6 is 0 Å². The standard InChI is InChI=1S/C25H23F3N4O/c1-4-5-17(7-6-16(2)3)22-14-20(24-29-31-32-30-24)11-9-18(22)8-10-19-12-13-21(33)15-23(19)25(26,27)28/h4-7,9,11-15,31-33H,1-3H3,(H,29,30)/b5-4-,17-7+. The predicted octanol–water partition coefficient (Wildman–Crippen LogP) is 5.01. The second-order valence-electron chi connectivity index (χ2n) is 7.43. The normalized spacial score (nSPS) is 13.6. The number of phenolic OH excluding ortho intramolecular Hbond substituents is 1. The number of nitrogens with one attached hydrogen (secondary N) is 3. The number of nitrogens with zero attached hydrogens (tertiary/aromatic N) is 1. The van der Waals surface area contributed by atoms with Gasteiger partial charge in [-0.3, -0.25) is 5.43 Å². The largest absolute Gasteiger partial charge is 0.508 e. The Morgan fingerprint density at radius 3 is 2.39 bits per heavy atom. The molecule has 1 aliphatic heterocycles. The highest BCUT2D eigenvalue weighted by Gasteiger charge is 2.33. The maximum Gasteiger partial charge on any atom is 0.417 e. The van der Waals surface area contributed by atoms with Crippen molar-refractivity contribution in [1.29, 1.82) is 0 Å². The van der Waals surface area contributed by atoms with Crippen LogP contribution in [0.15, 0.2) is 71.4 Å². The van der Waals surface area contributed by atoms with E-state index >= 15 is 0 Å². The van der Waals surface area contributed by atoms with Crippen molar-refractivity contribution in [3.8, 4) is 17.6 Å². The van der Waals surface area contributed by atoms with Crippen LogP contribution in [-0.4, -0.2) is 10.9 Å². The van der Waals surface area contributed by atoms with Crippen molar-refractivity contribution in [2.45, 2.75) is 26.9 Å². The molecular weight excluding hydrogens is 429 g/mol. The molecule has 3 rings (SSSR count). The highest BCUT2D eigenvalue weighted by atomic mass is 19.4. The number of aromatic hydroxyl groups is 1. The molecule has 2 aromatic rings. The van der Waals surface area contributed by atoms with Gasteiger partial charge in [0.2, 0.25) is 0 Å². The van der Waals surface area contributed by atoms with E-state index < -0.39 is 17.5 Å². The Balaban J connectivity index is 2.18. The van der Waals surface area contributed by atoms with E-state index in [1.807, 2.05) is 51.1 Å². The van der Waals surface area contributed by atoms with Crippen molar-refractivity contribution >= 4 is 11.4 Å². The van der Waals surface area contributed by atoms with Gasteiger partial charge in [0.1, 0.15) is 5.75 Å². The van der Waals surface area contributed by atoms with E-state index in [0.29, 0.717) is 17.5 Å². The number of hydrogen-bond donors (Lipinski definition) is 4. The van der Waals surface area contributed by atoms with Crippen LogP contribution in [0.3, 0.4) is 0 Å². The molecule has 0 fully saturated rings. The van der Waals surface area contributed by atoms with Crippen LogP contribution in [0, 0.1) is 11.8 Å². The molecule has 0 atom stereocenters. The first-order valence-electron chi connectivity index (χ1n) is 10.1. The van der Waals surface area contributed by atoms with Gasteiger partial charge in [0.05, 0.1) is 5.56 Å². The second-order valence-corrected chi connectivity index (χ2v) is 7.43. The predicted molar refractivity (Wildman–Crippen MR) is 124 cm³/mol. The summed E-state index contributed by atoms with van der Waals surface area (Å²) in [5, 5.41) is 13.6. The zero-order chi connectivity index (χ0) is 24.0. The van der Waals surface area contributed by atoms with Gasteiger partial charge in [-0.2, -0.15) is 13.2 Å². The summed E-state index contributed by atoms with van der Waals surface area (Å²) in [4.78, 5) is 0. The van der Waals surface area contributed by atoms with Gasteiger partial charge in [-0.25, -0.2) is 5.53 Å². The summed E-state index contributed by atoms with van der Waals surface area (Å²) in [6.07, 6.45) is 3.04. The van der Waals surface area contributed by atoms with Crippen molar-refractivity contribution in [2.75, 3.05) is 0 Å². The molecule has 0 unspecified atom stereocenters. The number of allylic oxidation sites excluding steroid dienone is 6. The van der Waals surface area contributed by atoms with Gasteiger partial charge in [-0.05, 0) is 68.3 Å². The third-order valence-electron chi connectivity index (χ3n) is 4.59. The Morgan fingerprint density at radius 2 is 1.76 bits per heavy atom. The fourth-order valence-corrected chi connectivity index (χ4v) is 3.06. The highest BCUT2D eigenvalue weighted by Crippen LogP contribution is 2.34. The fraction of sp³-hybridized carbons (Fsp3) is 0.160. The Labute approximate surface area is 190 Å². The molecule has 0 saturated carbocycles. The number of amidine groups is 1. The molecule has 170 valence electrons. The lowest BCUT2D eigenvalue weighted by Crippen LogP contribution is -2.35. The van der Waals surface area contributed by atoms with Crippen molar-refractivity contribution in [1.82, 2.24) is 16.5 Å². The van der Waals surface area contributed by atoms with Gasteiger partial charge in [0.25, 0.3) is 0 Å². The first-order valence-corrected chi connectivity index (χ1v) is 10.1. The molecular formula is C25H23F3N4O. The topological polar surface area (TPSA) is 68.7 Å². The summed E-state index contributed by atoms with van der Waals surface area (Å²) < 4.78 is 40.3. The number of rotatable bonds is 4. The Hall–Kier alpha value is -3.96. The van der Waals surface area contributed by atoms with E-state index in [4.69, 9.17) is 0 Å². The van der Waals surface area contributed by atoms with Crippen LogP contribution in [0.5, 0.6) is 5.75 Å². The molecule has 0 saturated heterocycles. The lowest BCUT2D eigenvalue weighted by atomic mass is 9.95. The minimum absolute atomic E-state index is 0.216. The maximum atomic E-state index is 13.4. The summed E-state index contributed by atoms with van der Waals surface area (Å²) in [6, 6.07) is 8.43. The smallest absolute Gasteiger partial charge is 0.417 e. The first kappa shape index (κ1) is 23.7. The van der Waals surface area contributed by atoms with Gasteiger partial charge in [0.15, 0.2) is 5.84 Å². The molecule has 5 nitrogen and oxygen atoms in total. The molecule has 0 spiro atoms. The number of alkyl halides is 3. The molecule has 4 N–H and O–H groups in total. The van der Waals surface area contributed by atoms with Gasteiger partial charge < -0.3 is 5.11 Å². The molecule has 8 heteroatoms.